The molecule has 2 saturated heterocycles. The summed E-state index contributed by atoms with van der Waals surface area (Å²) in [6, 6.07) is 8.75. The number of thioether (sulfide) groups is 1. The second-order valence-corrected chi connectivity index (χ2v) is 10.8. The summed E-state index contributed by atoms with van der Waals surface area (Å²) in [6.07, 6.45) is -0.388. The normalized spacial score (nSPS) is 17.7. The first-order valence-electron chi connectivity index (χ1n) is 9.43. The van der Waals surface area contributed by atoms with E-state index in [1.165, 1.54) is 15.3 Å². The molecule has 2 aliphatic rings. The highest BCUT2D eigenvalue weighted by Gasteiger charge is 2.31. The van der Waals surface area contributed by atoms with Gasteiger partial charge in [0.15, 0.2) is 0 Å². The lowest BCUT2D eigenvalue weighted by Gasteiger charge is -2.25. The molecule has 3 heterocycles. The van der Waals surface area contributed by atoms with Crippen LogP contribution in [0.5, 0.6) is 0 Å². The average Bonchev–Trinajstić information content (AvgIpc) is 3.42. The van der Waals surface area contributed by atoms with Crippen LogP contribution < -0.4 is 10.2 Å². The van der Waals surface area contributed by atoms with Gasteiger partial charge >= 0.3 is 6.09 Å². The summed E-state index contributed by atoms with van der Waals surface area (Å²) in [7, 11) is -3.69. The van der Waals surface area contributed by atoms with E-state index in [0.29, 0.717) is 31.9 Å². The van der Waals surface area contributed by atoms with Gasteiger partial charge in [-0.1, -0.05) is 12.1 Å². The van der Waals surface area contributed by atoms with Crippen molar-refractivity contribution >= 4 is 50.8 Å². The Morgan fingerprint density at radius 2 is 1.97 bits per heavy atom. The van der Waals surface area contributed by atoms with Crippen molar-refractivity contribution in [1.82, 2.24) is 9.62 Å². The fraction of sp³-hybridized carbons (Fsp3) is 0.368. The summed E-state index contributed by atoms with van der Waals surface area (Å²) in [6.45, 7) is 1.96. The molecule has 0 unspecified atom stereocenters. The Kier molecular flexibility index (Phi) is 6.32. The lowest BCUT2D eigenvalue weighted by molar-refractivity contribution is 0.0951. The molecule has 1 aromatic carbocycles. The highest BCUT2D eigenvalue weighted by atomic mass is 32.2. The molecule has 8 nitrogen and oxygen atoms in total. The van der Waals surface area contributed by atoms with Crippen LogP contribution in [0.15, 0.2) is 40.6 Å². The number of hydrogen-bond donors (Lipinski definition) is 1. The smallest absolute Gasteiger partial charge is 0.414 e. The van der Waals surface area contributed by atoms with Gasteiger partial charge in [0.2, 0.25) is 10.0 Å². The van der Waals surface area contributed by atoms with E-state index in [1.807, 2.05) is 12.1 Å². The number of anilines is 1. The van der Waals surface area contributed by atoms with E-state index in [4.69, 9.17) is 4.74 Å². The van der Waals surface area contributed by atoms with Crippen molar-refractivity contribution in [3.8, 4) is 0 Å². The second-order valence-electron chi connectivity index (χ2n) is 6.75. The zero-order valence-electron chi connectivity index (χ0n) is 16.1. The van der Waals surface area contributed by atoms with Crippen molar-refractivity contribution in [2.24, 2.45) is 0 Å². The van der Waals surface area contributed by atoms with Crippen molar-refractivity contribution in [3.63, 3.8) is 0 Å². The first-order valence-corrected chi connectivity index (χ1v) is 12.9. The third-order valence-electron chi connectivity index (χ3n) is 4.86. The first-order chi connectivity index (χ1) is 14.5. The second kappa shape index (κ2) is 8.96. The Morgan fingerprint density at radius 1 is 1.17 bits per heavy atom. The number of benzene rings is 1. The third-order valence-corrected chi connectivity index (χ3v) is 8.79. The molecule has 4 rings (SSSR count). The molecule has 0 radical (unpaired) electrons. The molecule has 2 aromatic rings. The van der Waals surface area contributed by atoms with Crippen LogP contribution >= 0.6 is 23.1 Å². The van der Waals surface area contributed by atoms with Gasteiger partial charge in [0, 0.05) is 36.8 Å². The Bertz CT molecular complexity index is 1050. The van der Waals surface area contributed by atoms with Gasteiger partial charge in [-0.3, -0.25) is 9.69 Å². The molecule has 0 spiro atoms. The van der Waals surface area contributed by atoms with Crippen molar-refractivity contribution < 1.29 is 22.7 Å². The average molecular weight is 468 g/mol. The fourth-order valence-corrected chi connectivity index (χ4v) is 7.21. The maximum absolute atomic E-state index is 13.0. The minimum atomic E-state index is -3.69. The predicted octanol–water partition coefficient (Wildman–Crippen LogP) is 2.37. The molecular weight excluding hydrogens is 446 g/mol. The van der Waals surface area contributed by atoms with Crippen molar-refractivity contribution in [1.29, 1.82) is 0 Å². The van der Waals surface area contributed by atoms with Gasteiger partial charge in [-0.15, -0.1) is 11.3 Å². The highest BCUT2D eigenvalue weighted by Crippen LogP contribution is 2.27. The van der Waals surface area contributed by atoms with Gasteiger partial charge in [-0.25, -0.2) is 13.2 Å². The first kappa shape index (κ1) is 21.2. The molecule has 2 aliphatic heterocycles. The number of cyclic esters (lactones) is 1. The topological polar surface area (TPSA) is 96.0 Å². The maximum atomic E-state index is 13.0. The standard InChI is InChI=1S/C19H21N3O5S3/c23-18(17-16(4-9-29-17)30(25,26)21-6-10-28-11-7-21)20-13-14-2-1-3-15(12-14)22-5-8-27-19(22)24/h1-4,9,12H,5-8,10-11,13H2,(H,20,23). The molecule has 160 valence electrons. The Morgan fingerprint density at radius 3 is 2.70 bits per heavy atom. The molecule has 11 heteroatoms. The van der Waals surface area contributed by atoms with E-state index in [9.17, 15) is 18.0 Å². The van der Waals surface area contributed by atoms with E-state index >= 15 is 0 Å². The van der Waals surface area contributed by atoms with E-state index < -0.39 is 15.9 Å². The van der Waals surface area contributed by atoms with Crippen LogP contribution in [-0.4, -0.2) is 62.5 Å². The van der Waals surface area contributed by atoms with Gasteiger partial charge in [0.05, 0.1) is 6.54 Å². The molecule has 1 N–H and O–H groups in total. The summed E-state index contributed by atoms with van der Waals surface area (Å²) >= 11 is 2.84. The van der Waals surface area contributed by atoms with E-state index in [2.05, 4.69) is 5.32 Å². The van der Waals surface area contributed by atoms with Crippen LogP contribution in [0.25, 0.3) is 0 Å². The lowest BCUT2D eigenvalue weighted by atomic mass is 10.2. The van der Waals surface area contributed by atoms with Crippen LogP contribution in [-0.2, 0) is 21.3 Å². The van der Waals surface area contributed by atoms with Crippen LogP contribution in [0, 0.1) is 0 Å². The number of hydrogen-bond acceptors (Lipinski definition) is 7. The Labute approximate surface area is 183 Å². The molecule has 0 atom stereocenters. The highest BCUT2D eigenvalue weighted by molar-refractivity contribution is 7.99. The molecule has 0 aliphatic carbocycles. The van der Waals surface area contributed by atoms with Gasteiger partial charge in [-0.05, 0) is 29.1 Å². The van der Waals surface area contributed by atoms with Gasteiger partial charge < -0.3 is 10.1 Å². The SMILES string of the molecule is O=C(NCc1cccc(N2CCOC2=O)c1)c1sccc1S(=O)(=O)N1CCSCC1. The largest absolute Gasteiger partial charge is 0.447 e. The predicted molar refractivity (Wildman–Crippen MR) is 117 cm³/mol. The van der Waals surface area contributed by atoms with Gasteiger partial charge in [-0.2, -0.15) is 16.1 Å². The Hall–Kier alpha value is -2.08. The van der Waals surface area contributed by atoms with Crippen LogP contribution in [0.4, 0.5) is 10.5 Å². The fourth-order valence-electron chi connectivity index (χ4n) is 3.32. The number of ether oxygens (including phenoxy) is 1. The molecule has 2 amide bonds. The van der Waals surface area contributed by atoms with Crippen molar-refractivity contribution in [3.05, 3.63) is 46.2 Å². The minimum Gasteiger partial charge on any atom is -0.447 e. The third kappa shape index (κ3) is 4.34. The van der Waals surface area contributed by atoms with Crippen molar-refractivity contribution in [2.75, 3.05) is 42.6 Å². The quantitative estimate of drug-likeness (QED) is 0.701. The molecule has 0 bridgehead atoms. The summed E-state index contributed by atoms with van der Waals surface area (Å²) in [5, 5.41) is 4.42. The number of rotatable bonds is 6. The number of nitrogens with zero attached hydrogens (tertiary/aromatic N) is 2. The van der Waals surface area contributed by atoms with E-state index in [-0.39, 0.29) is 22.4 Å². The zero-order valence-corrected chi connectivity index (χ0v) is 18.5. The molecular formula is C19H21N3O5S3. The summed E-state index contributed by atoms with van der Waals surface area (Å²) in [5.74, 6) is 1.08. The van der Waals surface area contributed by atoms with Crippen LogP contribution in [0.3, 0.4) is 0 Å². The van der Waals surface area contributed by atoms with Crippen molar-refractivity contribution in [2.45, 2.75) is 11.4 Å². The monoisotopic (exact) mass is 467 g/mol. The van der Waals surface area contributed by atoms with Crippen LogP contribution in [0.2, 0.25) is 0 Å². The number of amides is 2. The van der Waals surface area contributed by atoms with Gasteiger partial charge in [0.1, 0.15) is 16.4 Å². The lowest BCUT2D eigenvalue weighted by Crippen LogP contribution is -2.38. The summed E-state index contributed by atoms with van der Waals surface area (Å²) < 4.78 is 32.3. The summed E-state index contributed by atoms with van der Waals surface area (Å²) in [5.41, 5.74) is 1.50. The van der Waals surface area contributed by atoms with Gasteiger partial charge in [0.25, 0.3) is 5.91 Å². The number of carbonyl (C=O) groups excluding carboxylic acids is 2. The molecule has 0 saturated carbocycles. The molecule has 2 fully saturated rings. The summed E-state index contributed by atoms with van der Waals surface area (Å²) in [4.78, 5) is 26.3. The molecule has 30 heavy (non-hydrogen) atoms. The number of thiophene rings is 1. The van der Waals surface area contributed by atoms with Crippen LogP contribution in [0.1, 0.15) is 15.2 Å². The molecule has 1 aromatic heterocycles. The number of carbonyl (C=O) groups is 2. The van der Waals surface area contributed by atoms with E-state index in [1.54, 1.807) is 29.3 Å². The van der Waals surface area contributed by atoms with E-state index in [0.717, 1.165) is 28.4 Å². The zero-order chi connectivity index (χ0) is 21.1. The number of nitrogens with one attached hydrogen (secondary N) is 1. The minimum absolute atomic E-state index is 0.0606. The Balaban J connectivity index is 1.46. The number of sulfonamides is 1. The maximum Gasteiger partial charge on any atom is 0.414 e.